The first-order valence-electron chi connectivity index (χ1n) is 7.79. The van der Waals surface area contributed by atoms with E-state index in [2.05, 4.69) is 0 Å². The first kappa shape index (κ1) is 16.5. The molecule has 4 heteroatoms. The quantitative estimate of drug-likeness (QED) is 0.537. The van der Waals surface area contributed by atoms with Crippen LogP contribution in [0, 0.1) is 0 Å². The van der Waals surface area contributed by atoms with E-state index >= 15 is 0 Å². The highest BCUT2D eigenvalue weighted by Gasteiger charge is 2.05. The summed E-state index contributed by atoms with van der Waals surface area (Å²) in [5.74, 6) is 0.157. The van der Waals surface area contributed by atoms with Crippen molar-refractivity contribution in [1.82, 2.24) is 0 Å². The van der Waals surface area contributed by atoms with Crippen LogP contribution < -0.4 is 0 Å². The molecule has 0 spiro atoms. The van der Waals surface area contributed by atoms with Gasteiger partial charge in [-0.2, -0.15) is 0 Å². The van der Waals surface area contributed by atoms with Crippen LogP contribution in [0.2, 0.25) is 0 Å². The molecule has 0 unspecified atom stereocenters. The topological polar surface area (TPSA) is 67.5 Å². The Kier molecular flexibility index (Phi) is 4.90. The second-order valence-electron chi connectivity index (χ2n) is 5.55. The molecule has 0 aliphatic carbocycles. The van der Waals surface area contributed by atoms with Crippen molar-refractivity contribution in [3.05, 3.63) is 78.1 Å². The van der Waals surface area contributed by atoms with Gasteiger partial charge in [0.2, 0.25) is 0 Å². The Morgan fingerprint density at radius 2 is 1.60 bits per heavy atom. The Bertz CT molecular complexity index is 926. The van der Waals surface area contributed by atoms with Crippen molar-refractivity contribution in [2.24, 2.45) is 0 Å². The Morgan fingerprint density at radius 3 is 2.32 bits per heavy atom. The van der Waals surface area contributed by atoms with Crippen LogP contribution in [0.25, 0.3) is 23.1 Å². The summed E-state index contributed by atoms with van der Waals surface area (Å²) in [4.78, 5) is 23.7. The lowest BCUT2D eigenvalue weighted by Gasteiger charge is -1.94. The molecule has 0 saturated heterocycles. The van der Waals surface area contributed by atoms with Crippen LogP contribution in [-0.4, -0.2) is 16.7 Å². The van der Waals surface area contributed by atoms with Gasteiger partial charge in [-0.15, -0.1) is 0 Å². The molecule has 0 aliphatic rings. The molecule has 1 heterocycles. The molecule has 0 fully saturated rings. The highest BCUT2D eigenvalue weighted by molar-refractivity contribution is 6.10. The van der Waals surface area contributed by atoms with Crippen molar-refractivity contribution in [3.8, 4) is 5.75 Å². The van der Waals surface area contributed by atoms with E-state index in [1.54, 1.807) is 24.3 Å². The van der Waals surface area contributed by atoms with E-state index in [1.165, 1.54) is 24.3 Å². The summed E-state index contributed by atoms with van der Waals surface area (Å²) >= 11 is 0. The zero-order chi connectivity index (χ0) is 17.6. The molecule has 1 N–H and O–H groups in total. The smallest absolute Gasteiger partial charge is 0.163 e. The number of rotatable bonds is 6. The number of fused-ring (bicyclic) bond motifs is 1. The number of para-hydroxylation sites is 1. The molecule has 0 aliphatic heterocycles. The molecule has 25 heavy (non-hydrogen) atoms. The van der Waals surface area contributed by atoms with Crippen molar-refractivity contribution in [1.29, 1.82) is 0 Å². The number of hydrogen-bond donors (Lipinski definition) is 1. The van der Waals surface area contributed by atoms with Crippen LogP contribution in [0.4, 0.5) is 0 Å². The summed E-state index contributed by atoms with van der Waals surface area (Å²) in [6.45, 7) is 0. The van der Waals surface area contributed by atoms with Gasteiger partial charge in [-0.05, 0) is 48.1 Å². The Labute approximate surface area is 144 Å². The van der Waals surface area contributed by atoms with Gasteiger partial charge in [0.1, 0.15) is 17.1 Å². The third-order valence-corrected chi connectivity index (χ3v) is 3.58. The van der Waals surface area contributed by atoms with Crippen molar-refractivity contribution in [2.45, 2.75) is 6.42 Å². The summed E-state index contributed by atoms with van der Waals surface area (Å²) in [5, 5.41) is 10.2. The minimum atomic E-state index is -0.291. The van der Waals surface area contributed by atoms with E-state index in [1.807, 2.05) is 30.3 Å². The van der Waals surface area contributed by atoms with Crippen LogP contribution in [0.15, 0.2) is 71.2 Å². The number of phenols is 1. The van der Waals surface area contributed by atoms with E-state index in [-0.39, 0.29) is 23.7 Å². The maximum absolute atomic E-state index is 11.9. The minimum Gasteiger partial charge on any atom is -0.508 e. The van der Waals surface area contributed by atoms with Gasteiger partial charge in [0, 0.05) is 5.39 Å². The first-order chi connectivity index (χ1) is 12.1. The summed E-state index contributed by atoms with van der Waals surface area (Å²) in [5.41, 5.74) is 1.53. The van der Waals surface area contributed by atoms with Gasteiger partial charge in [-0.1, -0.05) is 36.4 Å². The van der Waals surface area contributed by atoms with Gasteiger partial charge in [0.05, 0.1) is 6.42 Å². The van der Waals surface area contributed by atoms with Gasteiger partial charge in [-0.25, -0.2) is 0 Å². The highest BCUT2D eigenvalue weighted by atomic mass is 16.3. The molecular formula is C21H16O4. The molecule has 4 nitrogen and oxygen atoms in total. The van der Waals surface area contributed by atoms with Gasteiger partial charge >= 0.3 is 0 Å². The SMILES string of the molecule is O=C(/C=C/c1ccc(O)cc1)CC(=O)/C=C/c1cc2ccccc2o1. The van der Waals surface area contributed by atoms with Crippen LogP contribution in [-0.2, 0) is 9.59 Å². The third-order valence-electron chi connectivity index (χ3n) is 3.58. The van der Waals surface area contributed by atoms with Crippen molar-refractivity contribution in [3.63, 3.8) is 0 Å². The normalized spacial score (nSPS) is 11.5. The van der Waals surface area contributed by atoms with Gasteiger partial charge in [0.15, 0.2) is 11.6 Å². The molecular weight excluding hydrogens is 316 g/mol. The predicted molar refractivity (Wildman–Crippen MR) is 97.0 cm³/mol. The minimum absolute atomic E-state index is 0.161. The number of furan rings is 1. The number of phenolic OH excluding ortho intramolecular Hbond substituents is 1. The molecule has 2 aromatic carbocycles. The second-order valence-corrected chi connectivity index (χ2v) is 5.55. The van der Waals surface area contributed by atoms with Crippen molar-refractivity contribution >= 4 is 34.7 Å². The summed E-state index contributed by atoms with van der Waals surface area (Å²) in [6, 6.07) is 15.8. The standard InChI is InChI=1S/C21H16O4/c22-17-8-5-15(6-9-17)7-10-18(23)14-19(24)11-12-20-13-16-3-1-2-4-21(16)25-20/h1-13,22H,14H2/b10-7+,12-11+. The summed E-state index contributed by atoms with van der Waals surface area (Å²) in [7, 11) is 0. The van der Waals surface area contributed by atoms with E-state index in [9.17, 15) is 14.7 Å². The van der Waals surface area contributed by atoms with Crippen molar-refractivity contribution in [2.75, 3.05) is 0 Å². The highest BCUT2D eigenvalue weighted by Crippen LogP contribution is 2.19. The Morgan fingerprint density at radius 1 is 0.920 bits per heavy atom. The lowest BCUT2D eigenvalue weighted by Crippen LogP contribution is -2.01. The largest absolute Gasteiger partial charge is 0.508 e. The van der Waals surface area contributed by atoms with Crippen LogP contribution in [0.5, 0.6) is 5.75 Å². The lowest BCUT2D eigenvalue weighted by atomic mass is 10.1. The number of allylic oxidation sites excluding steroid dienone is 2. The monoisotopic (exact) mass is 332 g/mol. The fraction of sp³-hybridized carbons (Fsp3) is 0.0476. The number of carbonyl (C=O) groups excluding carboxylic acids is 2. The number of carbonyl (C=O) groups is 2. The fourth-order valence-electron chi connectivity index (χ4n) is 2.32. The fourth-order valence-corrected chi connectivity index (χ4v) is 2.32. The zero-order valence-electron chi connectivity index (χ0n) is 13.4. The second kappa shape index (κ2) is 7.45. The maximum Gasteiger partial charge on any atom is 0.163 e. The number of ketones is 2. The van der Waals surface area contributed by atoms with Crippen LogP contribution >= 0.6 is 0 Å². The first-order valence-corrected chi connectivity index (χ1v) is 7.79. The van der Waals surface area contributed by atoms with Crippen LogP contribution in [0.3, 0.4) is 0 Å². The molecule has 124 valence electrons. The van der Waals surface area contributed by atoms with Gasteiger partial charge in [0.25, 0.3) is 0 Å². The molecule has 0 radical (unpaired) electrons. The van der Waals surface area contributed by atoms with Gasteiger partial charge < -0.3 is 9.52 Å². The molecule has 3 aromatic rings. The number of aromatic hydroxyl groups is 1. The molecule has 1 aromatic heterocycles. The zero-order valence-corrected chi connectivity index (χ0v) is 13.4. The van der Waals surface area contributed by atoms with Crippen molar-refractivity contribution < 1.29 is 19.1 Å². The van der Waals surface area contributed by atoms with E-state index in [4.69, 9.17) is 4.42 Å². The Hall–Kier alpha value is -3.40. The maximum atomic E-state index is 11.9. The predicted octanol–water partition coefficient (Wildman–Crippen LogP) is 4.39. The Balaban J connectivity index is 1.57. The molecule has 3 rings (SSSR count). The lowest BCUT2D eigenvalue weighted by molar-refractivity contribution is -0.121. The van der Waals surface area contributed by atoms with E-state index < -0.39 is 0 Å². The van der Waals surface area contributed by atoms with Gasteiger partial charge in [-0.3, -0.25) is 9.59 Å². The van der Waals surface area contributed by atoms with E-state index in [0.717, 1.165) is 16.5 Å². The van der Waals surface area contributed by atoms with E-state index in [0.29, 0.717) is 5.76 Å². The van der Waals surface area contributed by atoms with Crippen LogP contribution in [0.1, 0.15) is 17.7 Å². The molecule has 0 atom stereocenters. The number of hydrogen-bond acceptors (Lipinski definition) is 4. The molecule has 0 bridgehead atoms. The molecule has 0 saturated carbocycles. The summed E-state index contributed by atoms with van der Waals surface area (Å²) < 4.78 is 5.58. The third kappa shape index (κ3) is 4.54. The molecule has 0 amide bonds. The average molecular weight is 332 g/mol. The number of benzene rings is 2. The average Bonchev–Trinajstić information content (AvgIpc) is 3.02. The summed E-state index contributed by atoms with van der Waals surface area (Å²) in [6.07, 6.45) is 5.69.